The lowest BCUT2D eigenvalue weighted by molar-refractivity contribution is -0.120. The summed E-state index contributed by atoms with van der Waals surface area (Å²) in [6.45, 7) is 12.5. The number of carbonyl (C=O) groups is 1. The molecule has 0 aliphatic heterocycles. The van der Waals surface area contributed by atoms with Crippen LogP contribution in [0.1, 0.15) is 58.9 Å². The maximum atomic E-state index is 12.5. The molecule has 0 spiro atoms. The van der Waals surface area contributed by atoms with Crippen LogP contribution in [0.5, 0.6) is 0 Å². The van der Waals surface area contributed by atoms with Gasteiger partial charge in [-0.15, -0.1) is 0 Å². The Labute approximate surface area is 129 Å². The van der Waals surface area contributed by atoms with Crippen LogP contribution in [0.3, 0.4) is 0 Å². The van der Waals surface area contributed by atoms with Gasteiger partial charge in [-0.1, -0.05) is 52.3 Å². The average molecular weight is 290 g/mol. The third kappa shape index (κ3) is 5.16. The fourth-order valence-corrected chi connectivity index (χ4v) is 2.50. The van der Waals surface area contributed by atoms with E-state index in [0.29, 0.717) is 5.92 Å². The van der Waals surface area contributed by atoms with Crippen LogP contribution in [-0.2, 0) is 4.79 Å². The van der Waals surface area contributed by atoms with Gasteiger partial charge in [0.15, 0.2) is 0 Å². The second-order valence-electron chi connectivity index (χ2n) is 5.89. The summed E-state index contributed by atoms with van der Waals surface area (Å²) in [6.07, 6.45) is 2.29. The lowest BCUT2D eigenvalue weighted by Crippen LogP contribution is -2.42. The van der Waals surface area contributed by atoms with Crippen LogP contribution < -0.4 is 5.32 Å². The molecule has 1 N–H and O–H groups in total. The fourth-order valence-electron chi connectivity index (χ4n) is 2.50. The van der Waals surface area contributed by atoms with Crippen molar-refractivity contribution in [3.8, 4) is 0 Å². The zero-order valence-electron chi connectivity index (χ0n) is 14.1. The van der Waals surface area contributed by atoms with Crippen LogP contribution >= 0.6 is 0 Å². The predicted molar refractivity (Wildman–Crippen MR) is 90.8 cm³/mol. The minimum absolute atomic E-state index is 0.0843. The third-order valence-corrected chi connectivity index (χ3v) is 3.97. The molecule has 0 aliphatic rings. The summed E-state index contributed by atoms with van der Waals surface area (Å²) in [4.78, 5) is 14.7. The van der Waals surface area contributed by atoms with Crippen molar-refractivity contribution in [2.45, 2.75) is 59.4 Å². The summed E-state index contributed by atoms with van der Waals surface area (Å²) in [5.41, 5.74) is 2.13. The molecule has 1 atom stereocenters. The van der Waals surface area contributed by atoms with Crippen molar-refractivity contribution in [1.29, 1.82) is 0 Å². The minimum Gasteiger partial charge on any atom is -0.324 e. The van der Waals surface area contributed by atoms with Crippen LogP contribution in [0.4, 0.5) is 5.69 Å². The number of para-hydroxylation sites is 1. The van der Waals surface area contributed by atoms with Crippen molar-refractivity contribution in [1.82, 2.24) is 4.90 Å². The van der Waals surface area contributed by atoms with Crippen molar-refractivity contribution < 1.29 is 4.79 Å². The first-order chi connectivity index (χ1) is 10.0. The van der Waals surface area contributed by atoms with Gasteiger partial charge >= 0.3 is 0 Å². The summed E-state index contributed by atoms with van der Waals surface area (Å²) in [5, 5.41) is 3.10. The van der Waals surface area contributed by atoms with Gasteiger partial charge in [0.1, 0.15) is 0 Å². The molecule has 0 saturated carbocycles. The van der Waals surface area contributed by atoms with Gasteiger partial charge in [0.25, 0.3) is 0 Å². The number of benzene rings is 1. The fraction of sp³-hybridized carbons (Fsp3) is 0.611. The summed E-state index contributed by atoms with van der Waals surface area (Å²) >= 11 is 0. The normalized spacial score (nSPS) is 12.7. The Morgan fingerprint density at radius 3 is 2.43 bits per heavy atom. The van der Waals surface area contributed by atoms with E-state index in [-0.39, 0.29) is 11.9 Å². The number of unbranched alkanes of at least 4 members (excludes halogenated alkanes) is 1. The zero-order chi connectivity index (χ0) is 15.8. The first-order valence-electron chi connectivity index (χ1n) is 8.15. The van der Waals surface area contributed by atoms with Gasteiger partial charge in [0, 0.05) is 5.69 Å². The highest BCUT2D eigenvalue weighted by atomic mass is 16.2. The quantitative estimate of drug-likeness (QED) is 0.776. The van der Waals surface area contributed by atoms with E-state index in [0.717, 1.165) is 31.6 Å². The smallest absolute Gasteiger partial charge is 0.241 e. The number of nitrogens with zero attached hydrogens (tertiary/aromatic N) is 1. The Morgan fingerprint density at radius 2 is 1.86 bits per heavy atom. The Kier molecular flexibility index (Phi) is 7.44. The van der Waals surface area contributed by atoms with Crippen LogP contribution in [0.25, 0.3) is 0 Å². The number of carbonyl (C=O) groups excluding carboxylic acids is 1. The van der Waals surface area contributed by atoms with E-state index < -0.39 is 0 Å². The largest absolute Gasteiger partial charge is 0.324 e. The lowest BCUT2D eigenvalue weighted by Gasteiger charge is -2.27. The first-order valence-corrected chi connectivity index (χ1v) is 8.15. The minimum atomic E-state index is -0.0956. The molecule has 1 unspecified atom stereocenters. The van der Waals surface area contributed by atoms with Gasteiger partial charge in [-0.2, -0.15) is 0 Å². The standard InChI is InChI=1S/C18H30N2O/c1-6-8-13-20(7-2)15(5)18(21)19-17-12-10-9-11-16(17)14(3)4/h9-12,14-15H,6-8,13H2,1-5H3,(H,19,21). The molecule has 1 rings (SSSR count). The molecule has 1 aromatic rings. The molecule has 0 heterocycles. The monoisotopic (exact) mass is 290 g/mol. The topological polar surface area (TPSA) is 32.3 Å². The SMILES string of the molecule is CCCCN(CC)C(C)C(=O)Nc1ccccc1C(C)C. The molecule has 0 aromatic heterocycles. The maximum Gasteiger partial charge on any atom is 0.241 e. The Balaban J connectivity index is 2.76. The molecule has 3 nitrogen and oxygen atoms in total. The maximum absolute atomic E-state index is 12.5. The van der Waals surface area contributed by atoms with Gasteiger partial charge in [0.2, 0.25) is 5.91 Å². The molecular formula is C18H30N2O. The number of anilines is 1. The summed E-state index contributed by atoms with van der Waals surface area (Å²) in [7, 11) is 0. The van der Waals surface area contributed by atoms with Crippen LogP contribution in [-0.4, -0.2) is 29.9 Å². The molecule has 0 saturated heterocycles. The highest BCUT2D eigenvalue weighted by Crippen LogP contribution is 2.24. The number of rotatable bonds is 8. The molecule has 3 heteroatoms. The number of amides is 1. The van der Waals surface area contributed by atoms with E-state index in [2.05, 4.69) is 44.0 Å². The highest BCUT2D eigenvalue weighted by molar-refractivity contribution is 5.95. The number of likely N-dealkylation sites (N-methyl/N-ethyl adjacent to an activating group) is 1. The van der Waals surface area contributed by atoms with Crippen LogP contribution in [0.15, 0.2) is 24.3 Å². The molecular weight excluding hydrogens is 260 g/mol. The third-order valence-electron chi connectivity index (χ3n) is 3.97. The first kappa shape index (κ1) is 17.7. The molecule has 1 aromatic carbocycles. The van der Waals surface area contributed by atoms with Crippen molar-refractivity contribution >= 4 is 11.6 Å². The van der Waals surface area contributed by atoms with E-state index in [1.165, 1.54) is 5.56 Å². The second-order valence-corrected chi connectivity index (χ2v) is 5.89. The Hall–Kier alpha value is -1.35. The van der Waals surface area contributed by atoms with Gasteiger partial charge in [0.05, 0.1) is 6.04 Å². The molecule has 0 aliphatic carbocycles. The predicted octanol–water partition coefficient (Wildman–Crippen LogP) is 4.26. The molecule has 21 heavy (non-hydrogen) atoms. The van der Waals surface area contributed by atoms with Crippen LogP contribution in [0.2, 0.25) is 0 Å². The van der Waals surface area contributed by atoms with Gasteiger partial charge in [-0.3, -0.25) is 9.69 Å². The second kappa shape index (κ2) is 8.83. The lowest BCUT2D eigenvalue weighted by atomic mass is 10.0. The molecule has 118 valence electrons. The summed E-state index contributed by atoms with van der Waals surface area (Å²) in [5.74, 6) is 0.486. The average Bonchev–Trinajstić information content (AvgIpc) is 2.48. The van der Waals surface area contributed by atoms with Gasteiger partial charge < -0.3 is 5.32 Å². The summed E-state index contributed by atoms with van der Waals surface area (Å²) < 4.78 is 0. The molecule has 0 bridgehead atoms. The van der Waals surface area contributed by atoms with E-state index in [1.54, 1.807) is 0 Å². The van der Waals surface area contributed by atoms with E-state index >= 15 is 0 Å². The molecule has 1 amide bonds. The van der Waals surface area contributed by atoms with Gasteiger partial charge in [-0.25, -0.2) is 0 Å². The Bertz CT molecular complexity index is 443. The highest BCUT2D eigenvalue weighted by Gasteiger charge is 2.20. The molecule has 0 fully saturated rings. The Morgan fingerprint density at radius 1 is 1.19 bits per heavy atom. The van der Waals surface area contributed by atoms with Crippen molar-refractivity contribution in [2.24, 2.45) is 0 Å². The van der Waals surface area contributed by atoms with E-state index in [9.17, 15) is 4.79 Å². The van der Waals surface area contributed by atoms with E-state index in [1.807, 2.05) is 25.1 Å². The van der Waals surface area contributed by atoms with Crippen molar-refractivity contribution in [2.75, 3.05) is 18.4 Å². The zero-order valence-corrected chi connectivity index (χ0v) is 14.1. The van der Waals surface area contributed by atoms with E-state index in [4.69, 9.17) is 0 Å². The molecule has 0 radical (unpaired) electrons. The number of nitrogens with one attached hydrogen (secondary N) is 1. The van der Waals surface area contributed by atoms with Gasteiger partial charge in [-0.05, 0) is 44.0 Å². The van der Waals surface area contributed by atoms with Crippen LogP contribution in [0, 0.1) is 0 Å². The summed E-state index contributed by atoms with van der Waals surface area (Å²) in [6, 6.07) is 7.97. The number of hydrogen-bond donors (Lipinski definition) is 1. The van der Waals surface area contributed by atoms with Crippen molar-refractivity contribution in [3.05, 3.63) is 29.8 Å². The van der Waals surface area contributed by atoms with Crippen molar-refractivity contribution in [3.63, 3.8) is 0 Å². The number of hydrogen-bond acceptors (Lipinski definition) is 2.